The zero-order chi connectivity index (χ0) is 17.9. The summed E-state index contributed by atoms with van der Waals surface area (Å²) in [5.41, 5.74) is 2.02. The Morgan fingerprint density at radius 1 is 0.923 bits per heavy atom. The van der Waals surface area contributed by atoms with Gasteiger partial charge in [-0.25, -0.2) is 0 Å². The molecule has 1 amide bonds. The molecule has 0 atom stereocenters. The van der Waals surface area contributed by atoms with Crippen molar-refractivity contribution in [1.29, 1.82) is 0 Å². The molecule has 0 spiro atoms. The highest BCUT2D eigenvalue weighted by Crippen LogP contribution is 2.33. The number of carbonyl (C=O) groups excluding carboxylic acids is 1. The number of aromatic amines is 1. The number of aromatic nitrogens is 1. The molecule has 0 bridgehead atoms. The van der Waals surface area contributed by atoms with Crippen molar-refractivity contribution in [3.8, 4) is 0 Å². The molecule has 2 N–H and O–H groups in total. The van der Waals surface area contributed by atoms with Crippen LogP contribution < -0.4 is 5.32 Å². The topological polar surface area (TPSA) is 44.9 Å². The summed E-state index contributed by atoms with van der Waals surface area (Å²) in [5, 5.41) is 4.50. The Kier molecular flexibility index (Phi) is 4.69. The maximum absolute atomic E-state index is 12.7. The van der Waals surface area contributed by atoms with Crippen molar-refractivity contribution >= 4 is 45.9 Å². The van der Waals surface area contributed by atoms with Gasteiger partial charge in [-0.15, -0.1) is 0 Å². The first-order valence-corrected chi connectivity index (χ1v) is 9.31. The molecular formula is C21H15ClN2OS. The number of hydrogen-bond acceptors (Lipinski definition) is 2. The number of carbonyl (C=O) groups is 1. The van der Waals surface area contributed by atoms with E-state index in [2.05, 4.69) is 10.3 Å². The lowest BCUT2D eigenvalue weighted by molar-refractivity contribution is 0.102. The van der Waals surface area contributed by atoms with E-state index in [9.17, 15) is 4.79 Å². The van der Waals surface area contributed by atoms with Crippen molar-refractivity contribution < 1.29 is 4.79 Å². The first-order chi connectivity index (χ1) is 12.7. The second-order valence-electron chi connectivity index (χ2n) is 5.75. The maximum atomic E-state index is 12.7. The normalized spacial score (nSPS) is 10.8. The van der Waals surface area contributed by atoms with Crippen molar-refractivity contribution in [2.24, 2.45) is 0 Å². The Hall–Kier alpha value is -2.69. The highest BCUT2D eigenvalue weighted by molar-refractivity contribution is 7.99. The number of para-hydroxylation sites is 2. The van der Waals surface area contributed by atoms with E-state index in [1.54, 1.807) is 17.8 Å². The standard InChI is InChI=1S/C21H15ClN2OS/c22-16-10-6-7-14-13-18(23-20(14)16)21(25)24-17-11-4-5-12-19(17)26-15-8-2-1-3-9-15/h1-13,23H,(H,24,25). The highest BCUT2D eigenvalue weighted by Gasteiger charge is 2.13. The van der Waals surface area contributed by atoms with E-state index >= 15 is 0 Å². The Bertz CT molecular complexity index is 1080. The first kappa shape index (κ1) is 16.8. The van der Waals surface area contributed by atoms with Crippen LogP contribution in [0, 0.1) is 0 Å². The van der Waals surface area contributed by atoms with E-state index in [-0.39, 0.29) is 5.91 Å². The number of nitrogens with one attached hydrogen (secondary N) is 2. The van der Waals surface area contributed by atoms with Gasteiger partial charge in [0.15, 0.2) is 0 Å². The molecule has 0 saturated heterocycles. The Morgan fingerprint density at radius 3 is 2.50 bits per heavy atom. The number of halogens is 1. The molecule has 4 aromatic rings. The quantitative estimate of drug-likeness (QED) is 0.442. The van der Waals surface area contributed by atoms with E-state index in [1.165, 1.54) is 0 Å². The lowest BCUT2D eigenvalue weighted by atomic mass is 10.2. The van der Waals surface area contributed by atoms with Crippen molar-refractivity contribution in [3.05, 3.63) is 89.6 Å². The van der Waals surface area contributed by atoms with Gasteiger partial charge in [-0.1, -0.05) is 65.8 Å². The smallest absolute Gasteiger partial charge is 0.272 e. The van der Waals surface area contributed by atoms with Crippen LogP contribution in [0.15, 0.2) is 88.7 Å². The molecule has 0 aliphatic heterocycles. The molecule has 128 valence electrons. The number of benzene rings is 3. The summed E-state index contributed by atoms with van der Waals surface area (Å²) in [6.45, 7) is 0. The van der Waals surface area contributed by atoms with Crippen LogP contribution >= 0.6 is 23.4 Å². The van der Waals surface area contributed by atoms with Gasteiger partial charge in [0.2, 0.25) is 0 Å². The minimum absolute atomic E-state index is 0.196. The Morgan fingerprint density at radius 2 is 1.69 bits per heavy atom. The SMILES string of the molecule is O=C(Nc1ccccc1Sc1ccccc1)c1cc2cccc(Cl)c2[nH]1. The van der Waals surface area contributed by atoms with Gasteiger partial charge >= 0.3 is 0 Å². The molecule has 3 nitrogen and oxygen atoms in total. The van der Waals surface area contributed by atoms with E-state index in [0.717, 1.165) is 26.4 Å². The second-order valence-corrected chi connectivity index (χ2v) is 7.28. The molecule has 0 aliphatic carbocycles. The van der Waals surface area contributed by atoms with E-state index in [4.69, 9.17) is 11.6 Å². The van der Waals surface area contributed by atoms with Crippen LogP contribution in [-0.4, -0.2) is 10.9 Å². The highest BCUT2D eigenvalue weighted by atomic mass is 35.5. The summed E-state index contributed by atoms with van der Waals surface area (Å²) in [7, 11) is 0. The summed E-state index contributed by atoms with van der Waals surface area (Å²) in [6.07, 6.45) is 0. The van der Waals surface area contributed by atoms with Crippen LogP contribution in [0.4, 0.5) is 5.69 Å². The number of anilines is 1. The molecule has 0 saturated carbocycles. The predicted octanol–water partition coefficient (Wildman–Crippen LogP) is 6.22. The van der Waals surface area contributed by atoms with E-state index in [1.807, 2.05) is 72.8 Å². The predicted molar refractivity (Wildman–Crippen MR) is 108 cm³/mol. The van der Waals surface area contributed by atoms with Gasteiger partial charge in [0.05, 0.1) is 16.2 Å². The lowest BCUT2D eigenvalue weighted by Crippen LogP contribution is -2.12. The van der Waals surface area contributed by atoms with Crippen molar-refractivity contribution in [1.82, 2.24) is 4.98 Å². The number of fused-ring (bicyclic) bond motifs is 1. The van der Waals surface area contributed by atoms with Crippen LogP contribution in [-0.2, 0) is 0 Å². The van der Waals surface area contributed by atoms with Crippen LogP contribution in [0.2, 0.25) is 5.02 Å². The fourth-order valence-corrected chi connectivity index (χ4v) is 3.86. The van der Waals surface area contributed by atoms with E-state index in [0.29, 0.717) is 10.7 Å². The summed E-state index contributed by atoms with van der Waals surface area (Å²) in [6, 6.07) is 25.2. The molecule has 4 rings (SSSR count). The Balaban J connectivity index is 1.60. The van der Waals surface area contributed by atoms with Gasteiger partial charge in [-0.05, 0) is 36.4 Å². The van der Waals surface area contributed by atoms with Crippen LogP contribution in [0.3, 0.4) is 0 Å². The molecule has 0 unspecified atom stereocenters. The molecule has 0 fully saturated rings. The summed E-state index contributed by atoms with van der Waals surface area (Å²) in [5.74, 6) is -0.196. The minimum Gasteiger partial charge on any atom is -0.349 e. The molecule has 1 heterocycles. The number of rotatable bonds is 4. The molecule has 26 heavy (non-hydrogen) atoms. The second kappa shape index (κ2) is 7.28. The maximum Gasteiger partial charge on any atom is 0.272 e. The minimum atomic E-state index is -0.196. The van der Waals surface area contributed by atoms with E-state index < -0.39 is 0 Å². The summed E-state index contributed by atoms with van der Waals surface area (Å²) in [4.78, 5) is 17.9. The van der Waals surface area contributed by atoms with Crippen molar-refractivity contribution in [3.63, 3.8) is 0 Å². The zero-order valence-corrected chi connectivity index (χ0v) is 15.3. The van der Waals surface area contributed by atoms with Gasteiger partial charge < -0.3 is 10.3 Å². The monoisotopic (exact) mass is 378 g/mol. The average Bonchev–Trinajstić information content (AvgIpc) is 3.10. The van der Waals surface area contributed by atoms with Gasteiger partial charge in [-0.2, -0.15) is 0 Å². The third kappa shape index (κ3) is 3.47. The molecule has 0 radical (unpaired) electrons. The first-order valence-electron chi connectivity index (χ1n) is 8.11. The van der Waals surface area contributed by atoms with Gasteiger partial charge in [0.25, 0.3) is 5.91 Å². The van der Waals surface area contributed by atoms with Gasteiger partial charge in [-0.3, -0.25) is 4.79 Å². The number of amides is 1. The largest absolute Gasteiger partial charge is 0.349 e. The third-order valence-electron chi connectivity index (χ3n) is 3.96. The average molecular weight is 379 g/mol. The summed E-state index contributed by atoms with van der Waals surface area (Å²) >= 11 is 7.80. The molecule has 3 aromatic carbocycles. The van der Waals surface area contributed by atoms with Crippen LogP contribution in [0.25, 0.3) is 10.9 Å². The van der Waals surface area contributed by atoms with Gasteiger partial charge in [0, 0.05) is 15.2 Å². The fourth-order valence-electron chi connectivity index (χ4n) is 2.71. The van der Waals surface area contributed by atoms with Gasteiger partial charge in [0.1, 0.15) is 5.69 Å². The lowest BCUT2D eigenvalue weighted by Gasteiger charge is -2.10. The number of H-pyrrole nitrogens is 1. The van der Waals surface area contributed by atoms with Crippen molar-refractivity contribution in [2.75, 3.05) is 5.32 Å². The third-order valence-corrected chi connectivity index (χ3v) is 5.35. The fraction of sp³-hybridized carbons (Fsp3) is 0. The molecular weight excluding hydrogens is 364 g/mol. The van der Waals surface area contributed by atoms with Crippen LogP contribution in [0.5, 0.6) is 0 Å². The zero-order valence-electron chi connectivity index (χ0n) is 13.7. The number of hydrogen-bond donors (Lipinski definition) is 2. The Labute approximate surface area is 160 Å². The molecule has 0 aliphatic rings. The molecule has 1 aromatic heterocycles. The van der Waals surface area contributed by atoms with Crippen molar-refractivity contribution in [2.45, 2.75) is 9.79 Å². The summed E-state index contributed by atoms with van der Waals surface area (Å²) < 4.78 is 0. The molecule has 5 heteroatoms. The van der Waals surface area contributed by atoms with Crippen LogP contribution in [0.1, 0.15) is 10.5 Å².